The molecule has 0 aromatic rings. The lowest BCUT2D eigenvalue weighted by Gasteiger charge is -2.38. The van der Waals surface area contributed by atoms with Gasteiger partial charge in [0.25, 0.3) is 0 Å². The molecule has 2 nitrogen and oxygen atoms in total. The van der Waals surface area contributed by atoms with Gasteiger partial charge in [0.1, 0.15) is 0 Å². The minimum atomic E-state index is -0.634. The Bertz CT molecular complexity index is 152. The van der Waals surface area contributed by atoms with Gasteiger partial charge < -0.3 is 10.2 Å². The summed E-state index contributed by atoms with van der Waals surface area (Å²) in [7, 11) is 0. The highest BCUT2D eigenvalue weighted by molar-refractivity contribution is 4.88. The minimum Gasteiger partial charge on any atom is -0.393 e. The Kier molecular flexibility index (Phi) is 2.79. The summed E-state index contributed by atoms with van der Waals surface area (Å²) in [4.78, 5) is 0. The molecule has 2 N–H and O–H groups in total. The first-order chi connectivity index (χ1) is 5.42. The molecule has 1 aliphatic carbocycles. The third-order valence-electron chi connectivity index (χ3n) is 3.02. The molecule has 72 valence electrons. The zero-order chi connectivity index (χ0) is 9.35. The highest BCUT2D eigenvalue weighted by Crippen LogP contribution is 2.35. The number of aliphatic hydroxyl groups is 2. The van der Waals surface area contributed by atoms with Crippen molar-refractivity contribution in [3.63, 3.8) is 0 Å². The van der Waals surface area contributed by atoms with Gasteiger partial charge in [-0.05, 0) is 31.6 Å². The van der Waals surface area contributed by atoms with Crippen LogP contribution in [0.1, 0.15) is 40.0 Å². The second-order valence-corrected chi connectivity index (χ2v) is 4.71. The third kappa shape index (κ3) is 2.20. The van der Waals surface area contributed by atoms with Crippen LogP contribution >= 0.6 is 0 Å². The molecule has 0 aliphatic heterocycles. The molecule has 0 unspecified atom stereocenters. The van der Waals surface area contributed by atoms with Crippen LogP contribution in [0.15, 0.2) is 0 Å². The fourth-order valence-corrected chi connectivity index (χ4v) is 2.15. The number of hydrogen-bond acceptors (Lipinski definition) is 2. The van der Waals surface area contributed by atoms with Gasteiger partial charge >= 0.3 is 0 Å². The van der Waals surface area contributed by atoms with Gasteiger partial charge in [0, 0.05) is 6.42 Å². The van der Waals surface area contributed by atoms with E-state index >= 15 is 0 Å². The van der Waals surface area contributed by atoms with Gasteiger partial charge in [-0.3, -0.25) is 0 Å². The average molecular weight is 172 g/mol. The Morgan fingerprint density at radius 2 is 2.00 bits per heavy atom. The zero-order valence-corrected chi connectivity index (χ0v) is 8.25. The van der Waals surface area contributed by atoms with E-state index in [0.29, 0.717) is 18.3 Å². The molecule has 2 heteroatoms. The molecular formula is C10H20O2. The van der Waals surface area contributed by atoms with Crippen LogP contribution in [0.3, 0.4) is 0 Å². The van der Waals surface area contributed by atoms with Crippen molar-refractivity contribution in [1.82, 2.24) is 0 Å². The Morgan fingerprint density at radius 3 is 2.42 bits per heavy atom. The van der Waals surface area contributed by atoms with E-state index in [9.17, 15) is 10.2 Å². The molecule has 0 bridgehead atoms. The van der Waals surface area contributed by atoms with Crippen LogP contribution < -0.4 is 0 Å². The van der Waals surface area contributed by atoms with Crippen LogP contribution in [0.5, 0.6) is 0 Å². The van der Waals surface area contributed by atoms with Gasteiger partial charge in [-0.25, -0.2) is 0 Å². The smallest absolute Gasteiger partial charge is 0.0644 e. The monoisotopic (exact) mass is 172 g/mol. The predicted octanol–water partition coefficient (Wildman–Crippen LogP) is 1.55. The summed E-state index contributed by atoms with van der Waals surface area (Å²) in [6, 6.07) is 0. The quantitative estimate of drug-likeness (QED) is 0.630. The number of rotatable bonds is 1. The molecule has 12 heavy (non-hydrogen) atoms. The summed E-state index contributed by atoms with van der Waals surface area (Å²) < 4.78 is 0. The van der Waals surface area contributed by atoms with Crippen molar-refractivity contribution in [2.75, 3.05) is 0 Å². The highest BCUT2D eigenvalue weighted by atomic mass is 16.3. The normalized spacial score (nSPS) is 43.5. The van der Waals surface area contributed by atoms with Gasteiger partial charge in [-0.2, -0.15) is 0 Å². The van der Waals surface area contributed by atoms with Gasteiger partial charge in [-0.15, -0.1) is 0 Å². The Hall–Kier alpha value is -0.0800. The fraction of sp³-hybridized carbons (Fsp3) is 1.00. The van der Waals surface area contributed by atoms with Crippen LogP contribution in [0.4, 0.5) is 0 Å². The molecule has 1 fully saturated rings. The summed E-state index contributed by atoms with van der Waals surface area (Å²) >= 11 is 0. The van der Waals surface area contributed by atoms with E-state index in [1.165, 1.54) is 0 Å². The maximum atomic E-state index is 9.71. The maximum absolute atomic E-state index is 9.71. The second-order valence-electron chi connectivity index (χ2n) is 4.71. The molecule has 0 aromatic heterocycles. The Morgan fingerprint density at radius 1 is 1.42 bits per heavy atom. The zero-order valence-electron chi connectivity index (χ0n) is 8.25. The van der Waals surface area contributed by atoms with E-state index in [4.69, 9.17) is 0 Å². The van der Waals surface area contributed by atoms with Crippen molar-refractivity contribution in [2.45, 2.75) is 51.7 Å². The summed E-state index contributed by atoms with van der Waals surface area (Å²) in [5, 5.41) is 19.4. The molecular weight excluding hydrogens is 152 g/mol. The van der Waals surface area contributed by atoms with E-state index < -0.39 is 5.60 Å². The van der Waals surface area contributed by atoms with Crippen molar-refractivity contribution in [3.8, 4) is 0 Å². The summed E-state index contributed by atoms with van der Waals surface area (Å²) in [5.41, 5.74) is -0.634. The topological polar surface area (TPSA) is 40.5 Å². The molecule has 0 amide bonds. The standard InChI is InChI=1S/C10H20O2/c1-7(2)8-4-5-10(3,12)6-9(8)11/h7-9,11-12H,4-6H2,1-3H3/t8-,9+,10-/m1/s1. The first-order valence-electron chi connectivity index (χ1n) is 4.83. The Balaban J connectivity index is 2.54. The third-order valence-corrected chi connectivity index (χ3v) is 3.02. The van der Waals surface area contributed by atoms with Crippen molar-refractivity contribution < 1.29 is 10.2 Å². The molecule has 0 heterocycles. The fourth-order valence-electron chi connectivity index (χ4n) is 2.15. The molecule has 1 aliphatic rings. The van der Waals surface area contributed by atoms with E-state index in [0.717, 1.165) is 12.8 Å². The van der Waals surface area contributed by atoms with Crippen LogP contribution in [0, 0.1) is 11.8 Å². The lowest BCUT2D eigenvalue weighted by atomic mass is 9.73. The first kappa shape index (κ1) is 10.0. The van der Waals surface area contributed by atoms with E-state index in [1.807, 2.05) is 6.92 Å². The minimum absolute atomic E-state index is 0.311. The summed E-state index contributed by atoms with van der Waals surface area (Å²) in [5.74, 6) is 0.904. The second kappa shape index (κ2) is 3.35. The lowest BCUT2D eigenvalue weighted by molar-refractivity contribution is -0.0683. The predicted molar refractivity (Wildman–Crippen MR) is 48.8 cm³/mol. The molecule has 1 saturated carbocycles. The molecule has 1 rings (SSSR count). The van der Waals surface area contributed by atoms with E-state index in [2.05, 4.69) is 13.8 Å². The van der Waals surface area contributed by atoms with Crippen molar-refractivity contribution >= 4 is 0 Å². The molecule has 0 saturated heterocycles. The average Bonchev–Trinajstić information content (AvgIpc) is 1.83. The molecule has 0 radical (unpaired) electrons. The van der Waals surface area contributed by atoms with Gasteiger partial charge in [0.2, 0.25) is 0 Å². The van der Waals surface area contributed by atoms with Crippen LogP contribution in [-0.4, -0.2) is 21.9 Å². The van der Waals surface area contributed by atoms with Crippen molar-refractivity contribution in [2.24, 2.45) is 11.8 Å². The Labute approximate surface area is 74.6 Å². The van der Waals surface area contributed by atoms with Crippen molar-refractivity contribution in [1.29, 1.82) is 0 Å². The van der Waals surface area contributed by atoms with Crippen LogP contribution in [0.25, 0.3) is 0 Å². The number of aliphatic hydroxyl groups excluding tert-OH is 1. The lowest BCUT2D eigenvalue weighted by Crippen LogP contribution is -2.41. The SMILES string of the molecule is CC(C)[C@H]1CC[C@@](C)(O)C[C@@H]1O. The van der Waals surface area contributed by atoms with Crippen LogP contribution in [-0.2, 0) is 0 Å². The number of hydrogen-bond donors (Lipinski definition) is 2. The van der Waals surface area contributed by atoms with E-state index in [-0.39, 0.29) is 6.10 Å². The van der Waals surface area contributed by atoms with Gasteiger partial charge in [0.15, 0.2) is 0 Å². The summed E-state index contributed by atoms with van der Waals surface area (Å²) in [6.07, 6.45) is 2.00. The largest absolute Gasteiger partial charge is 0.393 e. The van der Waals surface area contributed by atoms with E-state index in [1.54, 1.807) is 0 Å². The molecule has 0 spiro atoms. The summed E-state index contributed by atoms with van der Waals surface area (Å²) in [6.45, 7) is 6.08. The molecule has 3 atom stereocenters. The maximum Gasteiger partial charge on any atom is 0.0644 e. The molecule has 0 aromatic carbocycles. The highest BCUT2D eigenvalue weighted by Gasteiger charge is 2.36. The first-order valence-corrected chi connectivity index (χ1v) is 4.83. The van der Waals surface area contributed by atoms with Crippen molar-refractivity contribution in [3.05, 3.63) is 0 Å². The van der Waals surface area contributed by atoms with Gasteiger partial charge in [0.05, 0.1) is 11.7 Å². The van der Waals surface area contributed by atoms with Crippen LogP contribution in [0.2, 0.25) is 0 Å². The van der Waals surface area contributed by atoms with Gasteiger partial charge in [-0.1, -0.05) is 13.8 Å².